The molecule has 0 aliphatic carbocycles. The van der Waals surface area contributed by atoms with Crippen molar-refractivity contribution in [3.05, 3.63) is 64.3 Å². The van der Waals surface area contributed by atoms with Gasteiger partial charge in [-0.25, -0.2) is 0 Å². The highest BCUT2D eigenvalue weighted by Crippen LogP contribution is 2.28. The van der Waals surface area contributed by atoms with E-state index in [0.717, 1.165) is 0 Å². The number of carboxylic acid groups (broad SMARTS) is 1. The first kappa shape index (κ1) is 16.1. The number of rotatable bonds is 5. The van der Waals surface area contributed by atoms with Gasteiger partial charge in [0.25, 0.3) is 0 Å². The highest BCUT2D eigenvalue weighted by Gasteiger charge is 2.19. The molecule has 0 atom stereocenters. The summed E-state index contributed by atoms with van der Waals surface area (Å²) in [5.74, 6) is -0.992. The van der Waals surface area contributed by atoms with Gasteiger partial charge in [0.05, 0.1) is 12.8 Å². The molecular weight excluding hydrogens is 330 g/mol. The topological polar surface area (TPSA) is 82.2 Å². The van der Waals surface area contributed by atoms with Crippen LogP contribution < -0.4 is 9.84 Å². The third kappa shape index (κ3) is 2.98. The zero-order valence-electron chi connectivity index (χ0n) is 12.8. The Labute approximate surface area is 142 Å². The predicted octanol–water partition coefficient (Wildman–Crippen LogP) is 2.35. The molecule has 0 radical (unpaired) electrons. The van der Waals surface area contributed by atoms with Crippen LogP contribution in [0.25, 0.3) is 10.9 Å². The first-order chi connectivity index (χ1) is 11.5. The van der Waals surface area contributed by atoms with Gasteiger partial charge in [0.1, 0.15) is 5.75 Å². The van der Waals surface area contributed by atoms with E-state index in [0.29, 0.717) is 32.8 Å². The van der Waals surface area contributed by atoms with E-state index in [1.807, 2.05) is 0 Å². The number of carboxylic acids is 1. The number of carbonyl (C=O) groups excluding carboxylic acids is 2. The molecule has 1 aromatic heterocycles. The first-order valence-corrected chi connectivity index (χ1v) is 7.56. The standard InChI is InChI=1S/C18H14ClNO4/c1-24-12-6-7-15-13(8-12)14(9-16(21)22)17(20-15)18(23)10-2-4-11(19)5-3-10/h2-8,20H,9H2,1H3,(H,21,22)/p-1. The molecule has 0 amide bonds. The summed E-state index contributed by atoms with van der Waals surface area (Å²) >= 11 is 5.84. The van der Waals surface area contributed by atoms with Crippen molar-refractivity contribution in [2.24, 2.45) is 0 Å². The highest BCUT2D eigenvalue weighted by molar-refractivity contribution is 6.30. The summed E-state index contributed by atoms with van der Waals surface area (Å²) in [7, 11) is 1.52. The number of halogens is 1. The third-order valence-corrected chi connectivity index (χ3v) is 4.02. The first-order valence-electron chi connectivity index (χ1n) is 7.18. The van der Waals surface area contributed by atoms with Gasteiger partial charge >= 0.3 is 0 Å². The molecule has 2 aromatic carbocycles. The fourth-order valence-corrected chi connectivity index (χ4v) is 2.75. The van der Waals surface area contributed by atoms with Crippen LogP contribution in [0.4, 0.5) is 0 Å². The monoisotopic (exact) mass is 342 g/mol. The van der Waals surface area contributed by atoms with Crippen molar-refractivity contribution in [3.8, 4) is 5.75 Å². The molecule has 122 valence electrons. The van der Waals surface area contributed by atoms with Crippen molar-refractivity contribution in [3.63, 3.8) is 0 Å². The molecular formula is C18H13ClNO4-. The summed E-state index contributed by atoms with van der Waals surface area (Å²) in [6, 6.07) is 11.6. The van der Waals surface area contributed by atoms with E-state index >= 15 is 0 Å². The van der Waals surface area contributed by atoms with Crippen LogP contribution in [0.2, 0.25) is 5.02 Å². The Morgan fingerprint density at radius 1 is 1.17 bits per heavy atom. The van der Waals surface area contributed by atoms with Gasteiger partial charge in [-0.05, 0) is 48.0 Å². The van der Waals surface area contributed by atoms with Crippen molar-refractivity contribution in [1.29, 1.82) is 0 Å². The Hall–Kier alpha value is -2.79. The Kier molecular flexibility index (Phi) is 4.27. The second kappa shape index (κ2) is 6.37. The second-order valence-corrected chi connectivity index (χ2v) is 5.71. The average Bonchev–Trinajstić information content (AvgIpc) is 2.92. The molecule has 3 aromatic rings. The number of hydrogen-bond donors (Lipinski definition) is 1. The minimum atomic E-state index is -1.26. The predicted molar refractivity (Wildman–Crippen MR) is 88.4 cm³/mol. The molecule has 0 fully saturated rings. The highest BCUT2D eigenvalue weighted by atomic mass is 35.5. The Bertz CT molecular complexity index is 928. The van der Waals surface area contributed by atoms with Crippen LogP contribution in [0, 0.1) is 0 Å². The molecule has 0 saturated carbocycles. The number of hydrogen-bond acceptors (Lipinski definition) is 4. The fraction of sp³-hybridized carbons (Fsp3) is 0.111. The fourth-order valence-electron chi connectivity index (χ4n) is 2.62. The molecule has 0 unspecified atom stereocenters. The van der Waals surface area contributed by atoms with E-state index in [4.69, 9.17) is 16.3 Å². The third-order valence-electron chi connectivity index (χ3n) is 3.77. The number of carbonyl (C=O) groups is 2. The van der Waals surface area contributed by atoms with Gasteiger partial charge in [-0.1, -0.05) is 11.6 Å². The van der Waals surface area contributed by atoms with Gasteiger partial charge in [0.15, 0.2) is 0 Å². The SMILES string of the molecule is COc1ccc2[nH]c(C(=O)c3ccc(Cl)cc3)c(CC(=O)[O-])c2c1. The molecule has 0 aliphatic rings. The van der Waals surface area contributed by atoms with Crippen molar-refractivity contribution >= 4 is 34.3 Å². The Balaban J connectivity index is 2.16. The lowest BCUT2D eigenvalue weighted by molar-refractivity contribution is -0.304. The smallest absolute Gasteiger partial charge is 0.209 e. The number of H-pyrrole nitrogens is 1. The molecule has 0 saturated heterocycles. The lowest BCUT2D eigenvalue weighted by atomic mass is 10.0. The average molecular weight is 343 g/mol. The van der Waals surface area contributed by atoms with Gasteiger partial charge in [-0.3, -0.25) is 4.79 Å². The summed E-state index contributed by atoms with van der Waals surface area (Å²) in [5.41, 5.74) is 1.68. The Morgan fingerprint density at radius 2 is 1.88 bits per heavy atom. The summed E-state index contributed by atoms with van der Waals surface area (Å²) in [5, 5.41) is 12.3. The quantitative estimate of drug-likeness (QED) is 0.721. The molecule has 1 N–H and O–H groups in total. The normalized spacial score (nSPS) is 10.8. The summed E-state index contributed by atoms with van der Waals surface area (Å²) in [4.78, 5) is 26.9. The van der Waals surface area contributed by atoms with Crippen molar-refractivity contribution in [2.45, 2.75) is 6.42 Å². The lowest BCUT2D eigenvalue weighted by Crippen LogP contribution is -2.25. The molecule has 5 nitrogen and oxygen atoms in total. The number of benzene rings is 2. The van der Waals surface area contributed by atoms with Gasteiger partial charge in [0.2, 0.25) is 5.78 Å². The zero-order valence-corrected chi connectivity index (χ0v) is 13.5. The summed E-state index contributed by atoms with van der Waals surface area (Å²) in [6.07, 6.45) is -0.373. The Morgan fingerprint density at radius 3 is 2.50 bits per heavy atom. The maximum absolute atomic E-state index is 12.8. The van der Waals surface area contributed by atoms with Gasteiger partial charge in [-0.15, -0.1) is 0 Å². The number of ether oxygens (including phenoxy) is 1. The number of ketones is 1. The number of aliphatic carboxylic acids is 1. The molecule has 0 bridgehead atoms. The van der Waals surface area contributed by atoms with E-state index in [1.54, 1.807) is 42.5 Å². The largest absolute Gasteiger partial charge is 0.550 e. The zero-order chi connectivity index (χ0) is 17.3. The van der Waals surface area contributed by atoms with E-state index < -0.39 is 5.97 Å². The van der Waals surface area contributed by atoms with Gasteiger partial charge < -0.3 is 19.6 Å². The van der Waals surface area contributed by atoms with Crippen LogP contribution in [0.3, 0.4) is 0 Å². The molecule has 1 heterocycles. The molecule has 24 heavy (non-hydrogen) atoms. The molecule has 0 spiro atoms. The number of aromatic nitrogens is 1. The number of fused-ring (bicyclic) bond motifs is 1. The van der Waals surface area contributed by atoms with Crippen LogP contribution in [-0.4, -0.2) is 23.8 Å². The lowest BCUT2D eigenvalue weighted by Gasteiger charge is -2.06. The van der Waals surface area contributed by atoms with Crippen molar-refractivity contribution in [2.75, 3.05) is 7.11 Å². The van der Waals surface area contributed by atoms with Crippen molar-refractivity contribution in [1.82, 2.24) is 4.98 Å². The summed E-state index contributed by atoms with van der Waals surface area (Å²) in [6.45, 7) is 0. The van der Waals surface area contributed by atoms with Crippen LogP contribution >= 0.6 is 11.6 Å². The molecule has 6 heteroatoms. The number of nitrogens with one attached hydrogen (secondary N) is 1. The van der Waals surface area contributed by atoms with Crippen LogP contribution in [0.15, 0.2) is 42.5 Å². The van der Waals surface area contributed by atoms with E-state index in [2.05, 4.69) is 4.98 Å². The van der Waals surface area contributed by atoms with Gasteiger partial charge in [0, 0.05) is 33.9 Å². The second-order valence-electron chi connectivity index (χ2n) is 5.27. The number of aromatic amines is 1. The van der Waals surface area contributed by atoms with E-state index in [9.17, 15) is 14.7 Å². The van der Waals surface area contributed by atoms with E-state index in [1.165, 1.54) is 7.11 Å². The van der Waals surface area contributed by atoms with Crippen molar-refractivity contribution < 1.29 is 19.4 Å². The number of methoxy groups -OCH3 is 1. The maximum atomic E-state index is 12.8. The minimum absolute atomic E-state index is 0.227. The molecule has 3 rings (SSSR count). The summed E-state index contributed by atoms with van der Waals surface area (Å²) < 4.78 is 5.17. The maximum Gasteiger partial charge on any atom is 0.209 e. The molecule has 0 aliphatic heterocycles. The van der Waals surface area contributed by atoms with Crippen LogP contribution in [-0.2, 0) is 11.2 Å². The van der Waals surface area contributed by atoms with Crippen LogP contribution in [0.1, 0.15) is 21.6 Å². The minimum Gasteiger partial charge on any atom is -0.550 e. The van der Waals surface area contributed by atoms with Gasteiger partial charge in [-0.2, -0.15) is 0 Å². The van der Waals surface area contributed by atoms with E-state index in [-0.39, 0.29) is 17.9 Å². The van der Waals surface area contributed by atoms with Crippen LogP contribution in [0.5, 0.6) is 5.75 Å².